The zero-order valence-electron chi connectivity index (χ0n) is 14.3. The summed E-state index contributed by atoms with van der Waals surface area (Å²) >= 11 is 0. The van der Waals surface area contributed by atoms with E-state index in [0.29, 0.717) is 31.1 Å². The van der Waals surface area contributed by atoms with Crippen molar-refractivity contribution in [2.24, 2.45) is 0 Å². The van der Waals surface area contributed by atoms with Crippen molar-refractivity contribution in [1.82, 2.24) is 14.7 Å². The van der Waals surface area contributed by atoms with Gasteiger partial charge in [-0.1, -0.05) is 0 Å². The van der Waals surface area contributed by atoms with Crippen LogP contribution in [0, 0.1) is 0 Å². The van der Waals surface area contributed by atoms with E-state index in [1.165, 1.54) is 7.11 Å². The first-order chi connectivity index (χ1) is 11.8. The molecule has 2 aliphatic rings. The minimum Gasteiger partial charge on any atom is -0.384 e. The number of nitrogens with one attached hydrogen (secondary N) is 1. The van der Waals surface area contributed by atoms with Crippen LogP contribution >= 0.6 is 0 Å². The molecule has 6 nitrogen and oxygen atoms in total. The zero-order chi connectivity index (χ0) is 18.2. The molecule has 1 unspecified atom stereocenters. The molecule has 1 aromatic rings. The molecule has 9 heteroatoms. The normalized spacial score (nSPS) is 26.4. The monoisotopic (exact) mass is 360 g/mol. The summed E-state index contributed by atoms with van der Waals surface area (Å²) in [6.45, 7) is 2.66. The summed E-state index contributed by atoms with van der Waals surface area (Å²) in [6.07, 6.45) is -2.61. The molecule has 0 aromatic carbocycles. The summed E-state index contributed by atoms with van der Waals surface area (Å²) in [5.74, 6) is 0.316. The number of anilines is 1. The lowest BCUT2D eigenvalue weighted by Crippen LogP contribution is -2.38. The number of hydrogen-bond acceptors (Lipinski definition) is 4. The van der Waals surface area contributed by atoms with E-state index >= 15 is 0 Å². The number of halogens is 3. The van der Waals surface area contributed by atoms with Gasteiger partial charge in [-0.3, -0.25) is 4.79 Å². The van der Waals surface area contributed by atoms with Crippen molar-refractivity contribution in [3.63, 3.8) is 0 Å². The fourth-order valence-electron chi connectivity index (χ4n) is 3.65. The van der Waals surface area contributed by atoms with E-state index in [2.05, 4.69) is 10.4 Å². The molecule has 140 valence electrons. The fourth-order valence-corrected chi connectivity index (χ4v) is 3.65. The summed E-state index contributed by atoms with van der Waals surface area (Å²) in [7, 11) is 1.53. The van der Waals surface area contributed by atoms with Crippen molar-refractivity contribution in [2.75, 3.05) is 25.6 Å². The highest BCUT2D eigenvalue weighted by Gasteiger charge is 2.46. The van der Waals surface area contributed by atoms with Gasteiger partial charge in [-0.2, -0.15) is 18.3 Å². The van der Waals surface area contributed by atoms with Gasteiger partial charge >= 0.3 is 6.18 Å². The van der Waals surface area contributed by atoms with Gasteiger partial charge in [0.25, 0.3) is 0 Å². The molecule has 1 aromatic heterocycles. The molecular weight excluding hydrogens is 337 g/mol. The highest BCUT2D eigenvalue weighted by Crippen LogP contribution is 2.41. The number of alkyl halides is 3. The summed E-state index contributed by atoms with van der Waals surface area (Å²) in [6, 6.07) is -0.534. The van der Waals surface area contributed by atoms with Crippen molar-refractivity contribution in [2.45, 2.75) is 56.9 Å². The minimum atomic E-state index is -4.35. The largest absolute Gasteiger partial charge is 0.410 e. The van der Waals surface area contributed by atoms with Gasteiger partial charge < -0.3 is 15.0 Å². The van der Waals surface area contributed by atoms with Crippen molar-refractivity contribution < 1.29 is 22.7 Å². The average Bonchev–Trinajstić information content (AvgIpc) is 3.16. The van der Waals surface area contributed by atoms with Gasteiger partial charge in [-0.15, -0.1) is 0 Å². The SMILES string of the molecule is COCCC(=O)N1CCCC1c1cc2n(n1)[C@@H](C(F)(F)F)C[C@@H](C)N2. The van der Waals surface area contributed by atoms with E-state index in [9.17, 15) is 18.0 Å². The molecule has 1 fully saturated rings. The lowest BCUT2D eigenvalue weighted by molar-refractivity contribution is -0.173. The van der Waals surface area contributed by atoms with Crippen LogP contribution in [0.1, 0.15) is 50.4 Å². The third-order valence-electron chi connectivity index (χ3n) is 4.83. The molecular formula is C16H23F3N4O2. The van der Waals surface area contributed by atoms with Crippen molar-refractivity contribution in [3.8, 4) is 0 Å². The summed E-state index contributed by atoms with van der Waals surface area (Å²) in [4.78, 5) is 14.0. The number of rotatable bonds is 4. The van der Waals surface area contributed by atoms with Crippen LogP contribution in [0.15, 0.2) is 6.07 Å². The number of hydrogen-bond donors (Lipinski definition) is 1. The Hall–Kier alpha value is -1.77. The molecule has 3 atom stereocenters. The van der Waals surface area contributed by atoms with E-state index < -0.39 is 12.2 Å². The summed E-state index contributed by atoms with van der Waals surface area (Å²) in [5, 5.41) is 7.30. The molecule has 1 saturated heterocycles. The number of methoxy groups -OCH3 is 1. The van der Waals surface area contributed by atoms with E-state index in [-0.39, 0.29) is 30.8 Å². The maximum atomic E-state index is 13.4. The van der Waals surface area contributed by atoms with E-state index in [1.54, 1.807) is 17.9 Å². The number of amides is 1. The molecule has 0 saturated carbocycles. The van der Waals surface area contributed by atoms with Gasteiger partial charge in [0.15, 0.2) is 6.04 Å². The zero-order valence-corrected chi connectivity index (χ0v) is 14.3. The predicted octanol–water partition coefficient (Wildman–Crippen LogP) is 2.89. The Labute approximate surface area is 144 Å². The van der Waals surface area contributed by atoms with Crippen molar-refractivity contribution >= 4 is 11.7 Å². The summed E-state index contributed by atoms with van der Waals surface area (Å²) in [5.41, 5.74) is 0.522. The number of likely N-dealkylation sites (tertiary alicyclic amines) is 1. The second kappa shape index (κ2) is 6.86. The molecule has 0 aliphatic carbocycles. The van der Waals surface area contributed by atoms with Gasteiger partial charge in [0.2, 0.25) is 5.91 Å². The second-order valence-electron chi connectivity index (χ2n) is 6.73. The van der Waals surface area contributed by atoms with Crippen LogP contribution in [0.3, 0.4) is 0 Å². The molecule has 1 amide bonds. The number of ether oxygens (including phenoxy) is 1. The van der Waals surface area contributed by atoms with Crippen molar-refractivity contribution in [1.29, 1.82) is 0 Å². The van der Waals surface area contributed by atoms with E-state index in [0.717, 1.165) is 11.1 Å². The maximum Gasteiger partial charge on any atom is 0.410 e. The van der Waals surface area contributed by atoms with Crippen LogP contribution in [-0.2, 0) is 9.53 Å². The molecule has 2 aliphatic heterocycles. The molecule has 3 rings (SSSR count). The standard InChI is InChI=1S/C16H23F3N4O2/c1-10-8-13(16(17,18)19)23-14(20-10)9-11(21-23)12-4-3-6-22(12)15(24)5-7-25-2/h9-10,12-13,20H,3-8H2,1-2H3/t10-,12?,13-/m1/s1. The first-order valence-corrected chi connectivity index (χ1v) is 8.52. The Kier molecular flexibility index (Phi) is 4.95. The molecule has 3 heterocycles. The number of nitrogens with zero attached hydrogens (tertiary/aromatic N) is 3. The second-order valence-corrected chi connectivity index (χ2v) is 6.73. The predicted molar refractivity (Wildman–Crippen MR) is 85.2 cm³/mol. The Balaban J connectivity index is 1.85. The Morgan fingerprint density at radius 2 is 2.24 bits per heavy atom. The molecule has 0 spiro atoms. The highest BCUT2D eigenvalue weighted by molar-refractivity contribution is 5.77. The maximum absolute atomic E-state index is 13.4. The lowest BCUT2D eigenvalue weighted by atomic mass is 10.1. The molecule has 25 heavy (non-hydrogen) atoms. The smallest absolute Gasteiger partial charge is 0.384 e. The number of aromatic nitrogens is 2. The Morgan fingerprint density at radius 1 is 1.48 bits per heavy atom. The van der Waals surface area contributed by atoms with Crippen molar-refractivity contribution in [3.05, 3.63) is 11.8 Å². The van der Waals surface area contributed by atoms with Gasteiger partial charge in [0.05, 0.1) is 24.8 Å². The molecule has 0 bridgehead atoms. The van der Waals surface area contributed by atoms with Gasteiger partial charge in [-0.05, 0) is 26.2 Å². The van der Waals surface area contributed by atoms with Crippen LogP contribution in [-0.4, -0.2) is 53.1 Å². The third kappa shape index (κ3) is 3.61. The topological polar surface area (TPSA) is 59.4 Å². The van der Waals surface area contributed by atoms with Crippen LogP contribution < -0.4 is 5.32 Å². The first kappa shape index (κ1) is 18.0. The molecule has 1 N–H and O–H groups in total. The Bertz CT molecular complexity index is 631. The van der Waals surface area contributed by atoms with Gasteiger partial charge in [0.1, 0.15) is 5.82 Å². The molecule has 0 radical (unpaired) electrons. The van der Waals surface area contributed by atoms with E-state index in [1.807, 2.05) is 0 Å². The van der Waals surface area contributed by atoms with E-state index in [4.69, 9.17) is 4.74 Å². The average molecular weight is 360 g/mol. The fraction of sp³-hybridized carbons (Fsp3) is 0.750. The van der Waals surface area contributed by atoms with Gasteiger partial charge in [-0.25, -0.2) is 4.68 Å². The van der Waals surface area contributed by atoms with Gasteiger partial charge in [0, 0.05) is 25.8 Å². The Morgan fingerprint density at radius 3 is 2.92 bits per heavy atom. The first-order valence-electron chi connectivity index (χ1n) is 8.52. The quantitative estimate of drug-likeness (QED) is 0.897. The third-order valence-corrected chi connectivity index (χ3v) is 4.83. The number of carbonyl (C=O) groups excluding carboxylic acids is 1. The lowest BCUT2D eigenvalue weighted by Gasteiger charge is -2.31. The number of fused-ring (bicyclic) bond motifs is 1. The highest BCUT2D eigenvalue weighted by atomic mass is 19.4. The number of carbonyl (C=O) groups is 1. The van der Waals surface area contributed by atoms with Crippen LogP contribution in [0.2, 0.25) is 0 Å². The minimum absolute atomic E-state index is 0.0518. The van der Waals surface area contributed by atoms with Crippen LogP contribution in [0.5, 0.6) is 0 Å². The summed E-state index contributed by atoms with van der Waals surface area (Å²) < 4.78 is 46.0. The van der Waals surface area contributed by atoms with Crippen LogP contribution in [0.25, 0.3) is 0 Å². The van der Waals surface area contributed by atoms with Crippen LogP contribution in [0.4, 0.5) is 19.0 Å².